The van der Waals surface area contributed by atoms with E-state index in [-0.39, 0.29) is 24.1 Å². The fourth-order valence-corrected chi connectivity index (χ4v) is 4.34. The third-order valence-corrected chi connectivity index (χ3v) is 6.74. The van der Waals surface area contributed by atoms with Crippen LogP contribution >= 0.6 is 35.0 Å². The lowest BCUT2D eigenvalue weighted by Gasteiger charge is -2.13. The normalized spacial score (nSPS) is 10.7. The minimum absolute atomic E-state index is 0.128. The minimum atomic E-state index is -0.315. The summed E-state index contributed by atoms with van der Waals surface area (Å²) in [6.45, 7) is 8.39. The van der Waals surface area contributed by atoms with Gasteiger partial charge < -0.3 is 15.2 Å². The zero-order valence-corrected chi connectivity index (χ0v) is 21.2. The predicted octanol–water partition coefficient (Wildman–Crippen LogP) is 5.30. The van der Waals surface area contributed by atoms with Crippen LogP contribution in [0.1, 0.15) is 34.2 Å². The van der Waals surface area contributed by atoms with Crippen LogP contribution in [-0.4, -0.2) is 32.3 Å². The molecule has 0 aliphatic carbocycles. The van der Waals surface area contributed by atoms with Crippen LogP contribution < -0.4 is 10.6 Å². The molecule has 0 aliphatic heterocycles. The van der Waals surface area contributed by atoms with Gasteiger partial charge in [-0.1, -0.05) is 66.2 Å². The van der Waals surface area contributed by atoms with Gasteiger partial charge in [0.2, 0.25) is 5.91 Å². The number of hydrogen-bond acceptors (Lipinski definition) is 5. The van der Waals surface area contributed by atoms with Crippen molar-refractivity contribution in [3.05, 3.63) is 81.6 Å². The standard InChI is InChI=1S/C24H25Cl2N5O2S/c1-4-11-31-20(13-27-23(33)17-9-10-18(25)19(26)12-17)29-30-24(31)34-14-21(32)28-22-15(3)7-6-8-16(22)5-2/h4,6-10,12H,1,5,11,13-14H2,2-3H3,(H,27,33)(H,28,32). The molecule has 3 aromatic rings. The number of nitrogens with one attached hydrogen (secondary N) is 2. The first kappa shape index (κ1) is 25.8. The molecule has 0 aliphatic rings. The lowest BCUT2D eigenvalue weighted by atomic mass is 10.1. The average molecular weight is 518 g/mol. The van der Waals surface area contributed by atoms with Gasteiger partial charge in [0.1, 0.15) is 0 Å². The van der Waals surface area contributed by atoms with E-state index < -0.39 is 0 Å². The number of aryl methyl sites for hydroxylation is 2. The highest BCUT2D eigenvalue weighted by atomic mass is 35.5. The number of carbonyl (C=O) groups excluding carboxylic acids is 2. The van der Waals surface area contributed by atoms with Crippen LogP contribution in [0.2, 0.25) is 10.0 Å². The fraction of sp³-hybridized carbons (Fsp3) is 0.250. The highest BCUT2D eigenvalue weighted by Gasteiger charge is 2.16. The average Bonchev–Trinajstić information content (AvgIpc) is 3.20. The van der Waals surface area contributed by atoms with Crippen LogP contribution in [-0.2, 0) is 24.3 Å². The second-order valence-electron chi connectivity index (χ2n) is 7.41. The molecule has 0 saturated carbocycles. The Morgan fingerprint density at radius 2 is 1.97 bits per heavy atom. The number of halogens is 2. The minimum Gasteiger partial charge on any atom is -0.345 e. The maximum absolute atomic E-state index is 12.6. The summed E-state index contributed by atoms with van der Waals surface area (Å²) in [5, 5.41) is 15.4. The summed E-state index contributed by atoms with van der Waals surface area (Å²) in [6.07, 6.45) is 2.54. The molecule has 0 unspecified atom stereocenters. The van der Waals surface area contributed by atoms with E-state index in [2.05, 4.69) is 34.3 Å². The molecule has 2 aromatic carbocycles. The van der Waals surface area contributed by atoms with Gasteiger partial charge in [-0.2, -0.15) is 0 Å². The molecule has 0 fully saturated rings. The number of nitrogens with zero attached hydrogens (tertiary/aromatic N) is 3. The molecule has 2 amide bonds. The molecule has 0 atom stereocenters. The van der Waals surface area contributed by atoms with Crippen molar-refractivity contribution in [2.45, 2.75) is 38.5 Å². The number of rotatable bonds is 10. The number of para-hydroxylation sites is 1. The summed E-state index contributed by atoms with van der Waals surface area (Å²) >= 11 is 13.2. The first-order valence-electron chi connectivity index (χ1n) is 10.6. The summed E-state index contributed by atoms with van der Waals surface area (Å²) < 4.78 is 1.81. The number of allylic oxidation sites excluding steroid dienone is 1. The van der Waals surface area contributed by atoms with Gasteiger partial charge in [0.15, 0.2) is 11.0 Å². The lowest BCUT2D eigenvalue weighted by molar-refractivity contribution is -0.113. The summed E-state index contributed by atoms with van der Waals surface area (Å²) in [6, 6.07) is 10.6. The Kier molecular flexibility index (Phi) is 9.15. The highest BCUT2D eigenvalue weighted by molar-refractivity contribution is 7.99. The van der Waals surface area contributed by atoms with Crippen LogP contribution in [0.4, 0.5) is 5.69 Å². The summed E-state index contributed by atoms with van der Waals surface area (Å²) in [5.74, 6) is 0.271. The Morgan fingerprint density at radius 3 is 2.68 bits per heavy atom. The third kappa shape index (κ3) is 6.40. The number of carbonyl (C=O) groups is 2. The summed E-state index contributed by atoms with van der Waals surface area (Å²) in [7, 11) is 0. The lowest BCUT2D eigenvalue weighted by Crippen LogP contribution is -2.25. The molecular formula is C24H25Cl2N5O2S. The molecule has 34 heavy (non-hydrogen) atoms. The molecule has 178 valence electrons. The third-order valence-electron chi connectivity index (χ3n) is 5.03. The molecule has 1 aromatic heterocycles. The van der Waals surface area contributed by atoms with Crippen LogP contribution in [0, 0.1) is 6.92 Å². The number of amides is 2. The van der Waals surface area contributed by atoms with Gasteiger partial charge in [-0.05, 0) is 42.7 Å². The molecule has 0 radical (unpaired) electrons. The molecule has 7 nitrogen and oxygen atoms in total. The molecular weight excluding hydrogens is 493 g/mol. The number of aromatic nitrogens is 3. The van der Waals surface area contributed by atoms with Gasteiger partial charge >= 0.3 is 0 Å². The van der Waals surface area contributed by atoms with Crippen molar-refractivity contribution in [2.75, 3.05) is 11.1 Å². The van der Waals surface area contributed by atoms with E-state index in [0.29, 0.717) is 33.1 Å². The van der Waals surface area contributed by atoms with Crippen LogP contribution in [0.3, 0.4) is 0 Å². The van der Waals surface area contributed by atoms with E-state index in [1.807, 2.05) is 29.7 Å². The SMILES string of the molecule is C=CCn1c(CNC(=O)c2ccc(Cl)c(Cl)c2)nnc1SCC(=O)Nc1c(C)cccc1CC. The highest BCUT2D eigenvalue weighted by Crippen LogP contribution is 2.24. The Labute approximate surface area is 212 Å². The molecule has 2 N–H and O–H groups in total. The second kappa shape index (κ2) is 12.1. The smallest absolute Gasteiger partial charge is 0.251 e. The molecule has 3 rings (SSSR count). The monoisotopic (exact) mass is 517 g/mol. The number of benzene rings is 2. The largest absolute Gasteiger partial charge is 0.345 e. The quantitative estimate of drug-likeness (QED) is 0.281. The predicted molar refractivity (Wildman–Crippen MR) is 138 cm³/mol. The molecule has 1 heterocycles. The Bertz CT molecular complexity index is 1210. The molecule has 0 bridgehead atoms. The Hall–Kier alpha value is -2.81. The zero-order chi connectivity index (χ0) is 24.7. The van der Waals surface area contributed by atoms with Crippen molar-refractivity contribution in [3.8, 4) is 0 Å². The van der Waals surface area contributed by atoms with Crippen molar-refractivity contribution in [2.24, 2.45) is 0 Å². The molecule has 0 spiro atoms. The van der Waals surface area contributed by atoms with E-state index in [9.17, 15) is 9.59 Å². The van der Waals surface area contributed by atoms with E-state index in [1.165, 1.54) is 17.8 Å². The Balaban J connectivity index is 1.64. The van der Waals surface area contributed by atoms with Crippen molar-refractivity contribution >= 4 is 52.5 Å². The van der Waals surface area contributed by atoms with E-state index in [4.69, 9.17) is 23.2 Å². The molecule has 10 heteroatoms. The van der Waals surface area contributed by atoms with E-state index in [1.54, 1.807) is 18.2 Å². The first-order valence-corrected chi connectivity index (χ1v) is 12.4. The molecule has 0 saturated heterocycles. The maximum atomic E-state index is 12.6. The summed E-state index contributed by atoms with van der Waals surface area (Å²) in [5.41, 5.74) is 3.35. The number of hydrogen-bond donors (Lipinski definition) is 2. The van der Waals surface area contributed by atoms with Gasteiger partial charge in [0, 0.05) is 17.8 Å². The Morgan fingerprint density at radius 1 is 1.18 bits per heavy atom. The van der Waals surface area contributed by atoms with E-state index in [0.717, 1.165) is 23.2 Å². The second-order valence-corrected chi connectivity index (χ2v) is 9.17. The maximum Gasteiger partial charge on any atom is 0.251 e. The van der Waals surface area contributed by atoms with Gasteiger partial charge in [-0.15, -0.1) is 16.8 Å². The number of anilines is 1. The van der Waals surface area contributed by atoms with Gasteiger partial charge in [0.05, 0.1) is 22.3 Å². The van der Waals surface area contributed by atoms with Gasteiger partial charge in [0.25, 0.3) is 5.91 Å². The summed E-state index contributed by atoms with van der Waals surface area (Å²) in [4.78, 5) is 25.1. The van der Waals surface area contributed by atoms with Crippen LogP contribution in [0.25, 0.3) is 0 Å². The van der Waals surface area contributed by atoms with Crippen LogP contribution in [0.15, 0.2) is 54.2 Å². The zero-order valence-electron chi connectivity index (χ0n) is 18.9. The van der Waals surface area contributed by atoms with Crippen molar-refractivity contribution < 1.29 is 9.59 Å². The van der Waals surface area contributed by atoms with Crippen molar-refractivity contribution in [3.63, 3.8) is 0 Å². The first-order chi connectivity index (χ1) is 16.3. The van der Waals surface area contributed by atoms with Crippen molar-refractivity contribution in [1.29, 1.82) is 0 Å². The van der Waals surface area contributed by atoms with E-state index >= 15 is 0 Å². The van der Waals surface area contributed by atoms with Gasteiger partial charge in [-0.25, -0.2) is 0 Å². The van der Waals surface area contributed by atoms with Gasteiger partial charge in [-0.3, -0.25) is 9.59 Å². The van der Waals surface area contributed by atoms with Crippen molar-refractivity contribution in [1.82, 2.24) is 20.1 Å². The number of thioether (sulfide) groups is 1. The topological polar surface area (TPSA) is 88.9 Å². The van der Waals surface area contributed by atoms with Crippen LogP contribution in [0.5, 0.6) is 0 Å². The fourth-order valence-electron chi connectivity index (χ4n) is 3.28.